The van der Waals surface area contributed by atoms with Crippen LogP contribution in [0.5, 0.6) is 5.75 Å². The maximum atomic E-state index is 13.8. The molecule has 2 heterocycles. The van der Waals surface area contributed by atoms with Crippen molar-refractivity contribution < 1.29 is 28.7 Å². The summed E-state index contributed by atoms with van der Waals surface area (Å²) < 4.78 is 10.7. The van der Waals surface area contributed by atoms with Crippen LogP contribution in [0.2, 0.25) is 0 Å². The molecule has 228 valence electrons. The second-order valence-electron chi connectivity index (χ2n) is 11.8. The minimum atomic E-state index is -0.991. The fourth-order valence-electron chi connectivity index (χ4n) is 5.64. The molecule has 1 saturated carbocycles. The summed E-state index contributed by atoms with van der Waals surface area (Å²) in [6, 6.07) is 9.64. The first-order valence-electron chi connectivity index (χ1n) is 14.8. The highest BCUT2D eigenvalue weighted by Gasteiger charge is 2.50. The number of nitrogens with one attached hydrogen (secondary N) is 4. The van der Waals surface area contributed by atoms with Crippen LogP contribution in [-0.4, -0.2) is 71.1 Å². The predicted octanol–water partition coefficient (Wildman–Crippen LogP) is 2.84. The first kappa shape index (κ1) is 30.2. The zero-order valence-electron chi connectivity index (χ0n) is 24.8. The number of carbonyl (C=O) groups excluding carboxylic acids is 4. The fourth-order valence-corrected chi connectivity index (χ4v) is 5.64. The Labute approximate surface area is 250 Å². The molecule has 0 radical (unpaired) electrons. The second kappa shape index (κ2) is 12.9. The van der Waals surface area contributed by atoms with Gasteiger partial charge in [0.25, 0.3) is 5.91 Å². The molecule has 1 aromatic heterocycles. The predicted molar refractivity (Wildman–Crippen MR) is 160 cm³/mol. The number of Topliss-reactive ketones (excluding diaryl/α,β-unsaturated/α-hetero) is 1. The molecule has 2 aromatic carbocycles. The zero-order valence-corrected chi connectivity index (χ0v) is 24.8. The highest BCUT2D eigenvalue weighted by Crippen LogP contribution is 2.33. The van der Waals surface area contributed by atoms with Crippen LogP contribution in [-0.2, 0) is 25.5 Å². The zero-order chi connectivity index (χ0) is 30.6. The molecule has 4 N–H and O–H groups in total. The summed E-state index contributed by atoms with van der Waals surface area (Å²) in [5.74, 6) is -0.545. The van der Waals surface area contributed by atoms with E-state index >= 15 is 0 Å². The number of amides is 3. The summed E-state index contributed by atoms with van der Waals surface area (Å²) in [6.07, 6.45) is 6.61. The average Bonchev–Trinajstić information content (AvgIpc) is 3.36. The largest absolute Gasteiger partial charge is 0.497 e. The van der Waals surface area contributed by atoms with Crippen molar-refractivity contribution in [2.75, 3.05) is 13.7 Å². The number of epoxide rings is 1. The van der Waals surface area contributed by atoms with E-state index < -0.39 is 41.4 Å². The molecule has 11 heteroatoms. The first-order chi connectivity index (χ1) is 20.6. The first-order valence-corrected chi connectivity index (χ1v) is 14.8. The van der Waals surface area contributed by atoms with Crippen LogP contribution in [0.15, 0.2) is 48.7 Å². The summed E-state index contributed by atoms with van der Waals surface area (Å²) >= 11 is 0. The van der Waals surface area contributed by atoms with Gasteiger partial charge in [0.1, 0.15) is 23.4 Å². The number of rotatable bonds is 13. The Balaban J connectivity index is 1.29. The van der Waals surface area contributed by atoms with Crippen LogP contribution >= 0.6 is 0 Å². The summed E-state index contributed by atoms with van der Waals surface area (Å²) in [5, 5.41) is 16.1. The van der Waals surface area contributed by atoms with E-state index in [9.17, 15) is 19.2 Å². The van der Waals surface area contributed by atoms with E-state index in [-0.39, 0.29) is 12.2 Å². The van der Waals surface area contributed by atoms with Gasteiger partial charge in [-0.1, -0.05) is 37.8 Å². The van der Waals surface area contributed by atoms with Gasteiger partial charge in [-0.3, -0.25) is 24.3 Å². The van der Waals surface area contributed by atoms with Gasteiger partial charge in [0, 0.05) is 17.4 Å². The summed E-state index contributed by atoms with van der Waals surface area (Å²) in [5.41, 5.74) is 1.08. The van der Waals surface area contributed by atoms with Gasteiger partial charge in [-0.15, -0.1) is 0 Å². The lowest BCUT2D eigenvalue weighted by atomic mass is 9.90. The summed E-state index contributed by atoms with van der Waals surface area (Å²) in [4.78, 5) is 53.4. The topological polar surface area (TPSA) is 155 Å². The summed E-state index contributed by atoms with van der Waals surface area (Å²) in [7, 11) is 1.57. The van der Waals surface area contributed by atoms with Crippen LogP contribution < -0.4 is 20.7 Å². The van der Waals surface area contributed by atoms with Crippen LogP contribution in [0.1, 0.15) is 61.9 Å². The number of hydrogen-bond donors (Lipinski definition) is 4. The van der Waals surface area contributed by atoms with Crippen molar-refractivity contribution in [2.24, 2.45) is 5.92 Å². The number of methoxy groups -OCH3 is 1. The normalized spacial score (nSPS) is 20.2. The number of fused-ring (bicyclic) bond motifs is 1. The van der Waals surface area contributed by atoms with Crippen molar-refractivity contribution in [3.05, 3.63) is 59.8 Å². The Hall–Kier alpha value is -4.25. The van der Waals surface area contributed by atoms with Gasteiger partial charge in [-0.05, 0) is 62.1 Å². The molecule has 11 nitrogen and oxygen atoms in total. The van der Waals surface area contributed by atoms with Gasteiger partial charge in [0.2, 0.25) is 11.8 Å². The van der Waals surface area contributed by atoms with E-state index in [0.29, 0.717) is 30.3 Å². The smallest absolute Gasteiger partial charge is 0.251 e. The Kier molecular flexibility index (Phi) is 9.10. The Bertz CT molecular complexity index is 1470. The third-order valence-electron chi connectivity index (χ3n) is 8.45. The average molecular weight is 590 g/mol. The molecule has 3 aromatic rings. The molecule has 3 amide bonds. The molecular formula is C32H39N5O6. The molecular weight excluding hydrogens is 550 g/mol. The van der Waals surface area contributed by atoms with Crippen LogP contribution in [0.4, 0.5) is 0 Å². The maximum absolute atomic E-state index is 13.8. The highest BCUT2D eigenvalue weighted by atomic mass is 16.6. The van der Waals surface area contributed by atoms with E-state index in [1.54, 1.807) is 57.5 Å². The lowest BCUT2D eigenvalue weighted by Gasteiger charge is -2.26. The van der Waals surface area contributed by atoms with Crippen molar-refractivity contribution in [1.82, 2.24) is 26.1 Å². The van der Waals surface area contributed by atoms with Gasteiger partial charge in [-0.25, -0.2) is 0 Å². The standard InChI is InChI=1S/C32H39N5O6/c1-19(34-30(40)22-10-13-25-23(16-22)17-33-37-25)29(39)36-27(15-21-8-11-24(42-3)12-9-21)31(41)35-26(14-20-6-4-5-7-20)28(38)32(2)18-43-32/h8-13,16-17,19-20,26-27H,4-7,14-15,18H2,1-3H3,(H,33,37)(H,34,40)(H,35,41)(H,36,39)/t19-,26+,27+,32+/m1/s1. The van der Waals surface area contributed by atoms with E-state index in [1.165, 1.54) is 0 Å². The third kappa shape index (κ3) is 7.40. The Morgan fingerprint density at radius 3 is 2.40 bits per heavy atom. The van der Waals surface area contributed by atoms with E-state index in [0.717, 1.165) is 42.1 Å². The molecule has 5 rings (SSSR count). The van der Waals surface area contributed by atoms with Crippen LogP contribution in [0.3, 0.4) is 0 Å². The van der Waals surface area contributed by atoms with Crippen molar-refractivity contribution in [1.29, 1.82) is 0 Å². The van der Waals surface area contributed by atoms with Gasteiger partial charge in [-0.2, -0.15) is 5.10 Å². The number of aromatic nitrogens is 2. The van der Waals surface area contributed by atoms with Crippen molar-refractivity contribution in [3.8, 4) is 5.75 Å². The third-order valence-corrected chi connectivity index (χ3v) is 8.45. The number of carbonyl (C=O) groups is 4. The molecule has 1 aliphatic carbocycles. The number of ketones is 1. The molecule has 43 heavy (non-hydrogen) atoms. The quantitative estimate of drug-likeness (QED) is 0.224. The number of aromatic amines is 1. The lowest BCUT2D eigenvalue weighted by molar-refractivity contribution is -0.133. The Morgan fingerprint density at radius 2 is 1.72 bits per heavy atom. The van der Waals surface area contributed by atoms with Crippen molar-refractivity contribution in [3.63, 3.8) is 0 Å². The lowest BCUT2D eigenvalue weighted by Crippen LogP contribution is -2.57. The molecule has 2 aliphatic rings. The summed E-state index contributed by atoms with van der Waals surface area (Å²) in [6.45, 7) is 3.64. The van der Waals surface area contributed by atoms with Gasteiger partial charge in [0.15, 0.2) is 5.78 Å². The van der Waals surface area contributed by atoms with Gasteiger partial charge in [0.05, 0.1) is 31.5 Å². The SMILES string of the molecule is COc1ccc(C[C@H](NC(=O)[C@@H](C)NC(=O)c2ccc3[nH]ncc3c2)C(=O)N[C@@H](CC2CCCC2)C(=O)[C@]2(C)CO2)cc1. The molecule has 0 unspecified atom stereocenters. The number of H-pyrrole nitrogens is 1. The monoisotopic (exact) mass is 589 g/mol. The van der Waals surface area contributed by atoms with Crippen molar-refractivity contribution >= 4 is 34.4 Å². The molecule has 0 spiro atoms. The minimum Gasteiger partial charge on any atom is -0.497 e. The maximum Gasteiger partial charge on any atom is 0.251 e. The molecule has 2 fully saturated rings. The van der Waals surface area contributed by atoms with Gasteiger partial charge >= 0.3 is 0 Å². The fraction of sp³-hybridized carbons (Fsp3) is 0.469. The molecule has 1 aliphatic heterocycles. The Morgan fingerprint density at radius 1 is 1.02 bits per heavy atom. The van der Waals surface area contributed by atoms with Gasteiger partial charge < -0.3 is 25.4 Å². The van der Waals surface area contributed by atoms with E-state index in [2.05, 4.69) is 26.1 Å². The molecule has 1 saturated heterocycles. The minimum absolute atomic E-state index is 0.141. The van der Waals surface area contributed by atoms with E-state index in [4.69, 9.17) is 9.47 Å². The second-order valence-corrected chi connectivity index (χ2v) is 11.8. The number of ether oxygens (including phenoxy) is 2. The van der Waals surface area contributed by atoms with Crippen LogP contribution in [0.25, 0.3) is 10.9 Å². The molecule has 4 atom stereocenters. The number of benzene rings is 2. The number of nitrogens with zero attached hydrogens (tertiary/aromatic N) is 1. The molecule has 0 bridgehead atoms. The highest BCUT2D eigenvalue weighted by molar-refractivity contribution is 6.01. The van der Waals surface area contributed by atoms with Crippen LogP contribution in [0, 0.1) is 5.92 Å². The van der Waals surface area contributed by atoms with Crippen molar-refractivity contribution in [2.45, 2.75) is 76.1 Å². The van der Waals surface area contributed by atoms with E-state index in [1.807, 2.05) is 12.1 Å². The number of hydrogen-bond acceptors (Lipinski definition) is 7.